The summed E-state index contributed by atoms with van der Waals surface area (Å²) in [7, 11) is 0. The lowest BCUT2D eigenvalue weighted by Gasteiger charge is -2.33. The van der Waals surface area contributed by atoms with Crippen molar-refractivity contribution in [1.82, 2.24) is 5.32 Å². The molecule has 2 amide bonds. The highest BCUT2D eigenvalue weighted by Crippen LogP contribution is 2.38. The molecule has 0 bridgehead atoms. The van der Waals surface area contributed by atoms with E-state index in [-0.39, 0.29) is 17.7 Å². The largest absolute Gasteiger partial charge is 0.325 e. The standard InChI is InChI=1S/C20H18N2O2S/c23-19(10-8-14-4-3-11-25-14)21-13-7-9-16-15-5-1-2-6-17(15)20(24)22-18(16)12-13/h3-4,7-12,16H,1-2,5-6H2,(H,22,24)/b10-8-,21-13?. The Kier molecular flexibility index (Phi) is 4.32. The first kappa shape index (κ1) is 16.0. The van der Waals surface area contributed by atoms with E-state index in [1.54, 1.807) is 17.4 Å². The van der Waals surface area contributed by atoms with Crippen LogP contribution in [0.25, 0.3) is 6.08 Å². The number of allylic oxidation sites excluding steroid dienone is 3. The second-order valence-corrected chi connectivity index (χ2v) is 7.30. The van der Waals surface area contributed by atoms with Gasteiger partial charge in [0.15, 0.2) is 0 Å². The van der Waals surface area contributed by atoms with E-state index in [0.717, 1.165) is 41.8 Å². The van der Waals surface area contributed by atoms with Crippen molar-refractivity contribution in [2.24, 2.45) is 10.9 Å². The van der Waals surface area contributed by atoms with Gasteiger partial charge in [0.1, 0.15) is 0 Å². The molecule has 0 spiro atoms. The van der Waals surface area contributed by atoms with Crippen molar-refractivity contribution in [3.05, 3.63) is 63.5 Å². The van der Waals surface area contributed by atoms with E-state index in [9.17, 15) is 9.59 Å². The molecule has 1 unspecified atom stereocenters. The third-order valence-corrected chi connectivity index (χ3v) is 5.53. The minimum atomic E-state index is -0.303. The van der Waals surface area contributed by atoms with Gasteiger partial charge in [-0.3, -0.25) is 9.59 Å². The van der Waals surface area contributed by atoms with Crippen molar-refractivity contribution >= 4 is 34.9 Å². The van der Waals surface area contributed by atoms with E-state index in [0.29, 0.717) is 5.71 Å². The van der Waals surface area contributed by atoms with Crippen molar-refractivity contribution in [2.45, 2.75) is 25.7 Å². The maximum Gasteiger partial charge on any atom is 0.270 e. The molecule has 0 radical (unpaired) electrons. The number of fused-ring (bicyclic) bond motifs is 2. The highest BCUT2D eigenvalue weighted by atomic mass is 32.1. The van der Waals surface area contributed by atoms with Crippen molar-refractivity contribution < 1.29 is 9.59 Å². The molecule has 0 fully saturated rings. The average Bonchev–Trinajstić information content (AvgIpc) is 3.14. The number of nitrogens with zero attached hydrogens (tertiary/aromatic N) is 1. The summed E-state index contributed by atoms with van der Waals surface area (Å²) in [4.78, 5) is 29.5. The van der Waals surface area contributed by atoms with E-state index in [1.165, 1.54) is 11.6 Å². The van der Waals surface area contributed by atoms with Gasteiger partial charge in [-0.25, -0.2) is 4.99 Å². The second kappa shape index (κ2) is 6.76. The Bertz CT molecular complexity index is 870. The highest BCUT2D eigenvalue weighted by Gasteiger charge is 2.32. The molecule has 3 aliphatic rings. The molecule has 1 aromatic rings. The molecular weight excluding hydrogens is 332 g/mol. The summed E-state index contributed by atoms with van der Waals surface area (Å²) in [5.41, 5.74) is 3.60. The van der Waals surface area contributed by atoms with Crippen molar-refractivity contribution in [2.75, 3.05) is 0 Å². The topological polar surface area (TPSA) is 58.5 Å². The summed E-state index contributed by atoms with van der Waals surface area (Å²) >= 11 is 1.57. The van der Waals surface area contributed by atoms with Crippen LogP contribution >= 0.6 is 11.3 Å². The molecule has 1 atom stereocenters. The summed E-state index contributed by atoms with van der Waals surface area (Å²) in [6, 6.07) is 3.89. The first-order chi connectivity index (χ1) is 12.2. The number of aliphatic imine (C=N–C) groups is 1. The Morgan fingerprint density at radius 2 is 2.20 bits per heavy atom. The van der Waals surface area contributed by atoms with Gasteiger partial charge in [-0.1, -0.05) is 12.1 Å². The van der Waals surface area contributed by atoms with Gasteiger partial charge in [0.25, 0.3) is 11.8 Å². The Labute approximate surface area is 150 Å². The van der Waals surface area contributed by atoms with Crippen LogP contribution in [0.15, 0.2) is 63.7 Å². The van der Waals surface area contributed by atoms with Crippen LogP contribution in [0.5, 0.6) is 0 Å². The molecule has 0 saturated carbocycles. The molecule has 2 heterocycles. The Morgan fingerprint density at radius 3 is 3.04 bits per heavy atom. The van der Waals surface area contributed by atoms with Crippen LogP contribution < -0.4 is 5.32 Å². The van der Waals surface area contributed by atoms with Crippen molar-refractivity contribution in [3.8, 4) is 0 Å². The van der Waals surface area contributed by atoms with Gasteiger partial charge in [-0.15, -0.1) is 11.3 Å². The predicted octanol–water partition coefficient (Wildman–Crippen LogP) is 3.80. The van der Waals surface area contributed by atoms with Crippen LogP contribution in [0.4, 0.5) is 0 Å². The van der Waals surface area contributed by atoms with E-state index >= 15 is 0 Å². The molecule has 0 aromatic carbocycles. The molecule has 25 heavy (non-hydrogen) atoms. The highest BCUT2D eigenvalue weighted by molar-refractivity contribution is 7.10. The number of thiophene rings is 1. The van der Waals surface area contributed by atoms with E-state index in [4.69, 9.17) is 0 Å². The molecule has 4 nitrogen and oxygen atoms in total. The molecular formula is C20H18N2O2S. The maximum atomic E-state index is 12.3. The lowest BCUT2D eigenvalue weighted by molar-refractivity contribution is -0.117. The number of amides is 2. The fourth-order valence-corrected chi connectivity index (χ4v) is 4.14. The lowest BCUT2D eigenvalue weighted by Crippen LogP contribution is -2.37. The molecule has 1 aromatic heterocycles. The van der Waals surface area contributed by atoms with Crippen molar-refractivity contribution in [1.29, 1.82) is 0 Å². The van der Waals surface area contributed by atoms with Crippen LogP contribution in [-0.2, 0) is 9.59 Å². The van der Waals surface area contributed by atoms with Gasteiger partial charge in [0, 0.05) is 28.1 Å². The maximum absolute atomic E-state index is 12.3. The number of nitrogens with one attached hydrogen (secondary N) is 1. The third kappa shape index (κ3) is 3.33. The third-order valence-electron chi connectivity index (χ3n) is 4.69. The molecule has 4 rings (SSSR count). The summed E-state index contributed by atoms with van der Waals surface area (Å²) in [6.45, 7) is 0. The van der Waals surface area contributed by atoms with E-state index < -0.39 is 0 Å². The van der Waals surface area contributed by atoms with Crippen LogP contribution in [0.1, 0.15) is 30.6 Å². The molecule has 5 heteroatoms. The van der Waals surface area contributed by atoms with E-state index in [2.05, 4.69) is 10.3 Å². The fraction of sp³-hybridized carbons (Fsp3) is 0.250. The molecule has 2 aliphatic carbocycles. The van der Waals surface area contributed by atoms with Gasteiger partial charge >= 0.3 is 0 Å². The molecule has 0 saturated heterocycles. The number of hydrogen-bond donors (Lipinski definition) is 1. The van der Waals surface area contributed by atoms with Gasteiger partial charge in [0.2, 0.25) is 0 Å². The summed E-state index contributed by atoms with van der Waals surface area (Å²) in [6.07, 6.45) is 13.0. The van der Waals surface area contributed by atoms with E-state index in [1.807, 2.05) is 35.7 Å². The Hall–Kier alpha value is -2.53. The van der Waals surface area contributed by atoms with Gasteiger partial charge in [-0.2, -0.15) is 0 Å². The van der Waals surface area contributed by atoms with Crippen LogP contribution in [-0.4, -0.2) is 17.5 Å². The normalized spacial score (nSPS) is 24.2. The number of carbonyl (C=O) groups is 2. The first-order valence-corrected chi connectivity index (χ1v) is 9.36. The second-order valence-electron chi connectivity index (χ2n) is 6.33. The monoisotopic (exact) mass is 350 g/mol. The summed E-state index contributed by atoms with van der Waals surface area (Å²) < 4.78 is 0. The predicted molar refractivity (Wildman–Crippen MR) is 100 cm³/mol. The van der Waals surface area contributed by atoms with Gasteiger partial charge in [-0.05, 0) is 60.9 Å². The number of rotatable bonds is 2. The summed E-state index contributed by atoms with van der Waals surface area (Å²) in [5, 5.41) is 4.94. The van der Waals surface area contributed by atoms with Crippen LogP contribution in [0.3, 0.4) is 0 Å². The van der Waals surface area contributed by atoms with Crippen molar-refractivity contribution in [3.63, 3.8) is 0 Å². The minimum Gasteiger partial charge on any atom is -0.325 e. The zero-order valence-corrected chi connectivity index (χ0v) is 14.5. The smallest absolute Gasteiger partial charge is 0.270 e. The SMILES string of the molecule is O=C(/C=C\c1cccs1)N=C1C=CC2C(=C1)NC(=O)C1=C2CCCC1. The van der Waals surface area contributed by atoms with Crippen LogP contribution in [0, 0.1) is 5.92 Å². The number of hydrogen-bond acceptors (Lipinski definition) is 3. The Balaban J connectivity index is 1.54. The van der Waals surface area contributed by atoms with Gasteiger partial charge < -0.3 is 5.32 Å². The quantitative estimate of drug-likeness (QED) is 0.825. The lowest BCUT2D eigenvalue weighted by atomic mass is 9.77. The van der Waals surface area contributed by atoms with Gasteiger partial charge in [0.05, 0.1) is 5.71 Å². The molecule has 1 aliphatic heterocycles. The van der Waals surface area contributed by atoms with Crippen LogP contribution in [0.2, 0.25) is 0 Å². The number of carbonyl (C=O) groups excluding carboxylic acids is 2. The zero-order valence-electron chi connectivity index (χ0n) is 13.7. The fourth-order valence-electron chi connectivity index (χ4n) is 3.52. The molecule has 1 N–H and O–H groups in total. The summed E-state index contributed by atoms with van der Waals surface area (Å²) in [5.74, 6) is -0.164. The average molecular weight is 350 g/mol. The Morgan fingerprint density at radius 1 is 1.32 bits per heavy atom. The minimum absolute atomic E-state index is 0.00997. The first-order valence-electron chi connectivity index (χ1n) is 8.48. The molecule has 126 valence electrons. The zero-order chi connectivity index (χ0) is 17.2.